The number of alkyl carbamates (subject to hydrolysis) is 1. The van der Waals surface area contributed by atoms with Crippen molar-refractivity contribution in [1.29, 1.82) is 0 Å². The van der Waals surface area contributed by atoms with E-state index in [4.69, 9.17) is 4.74 Å². The van der Waals surface area contributed by atoms with Crippen LogP contribution in [0.25, 0.3) is 0 Å². The molecule has 1 amide bonds. The Morgan fingerprint density at radius 2 is 2.14 bits per heavy atom. The molecule has 1 aliphatic rings. The predicted molar refractivity (Wildman–Crippen MR) is 53.0 cm³/mol. The first kappa shape index (κ1) is 9.06. The Bertz CT molecular complexity index is 310. The van der Waals surface area contributed by atoms with Gasteiger partial charge in [0.15, 0.2) is 0 Å². The van der Waals surface area contributed by atoms with E-state index in [0.717, 1.165) is 12.8 Å². The summed E-state index contributed by atoms with van der Waals surface area (Å²) >= 11 is 0. The van der Waals surface area contributed by atoms with Crippen LogP contribution in [0.3, 0.4) is 0 Å². The number of aryl methyl sites for hydroxylation is 1. The lowest BCUT2D eigenvalue weighted by Gasteiger charge is -2.06. The highest BCUT2D eigenvalue weighted by atomic mass is 16.6. The summed E-state index contributed by atoms with van der Waals surface area (Å²) in [6.07, 6.45) is 1.61. The molecule has 0 aromatic heterocycles. The third-order valence-electron chi connectivity index (χ3n) is 2.35. The first-order valence-electron chi connectivity index (χ1n) is 4.83. The largest absolute Gasteiger partial charge is 0.444 e. The van der Waals surface area contributed by atoms with Crippen molar-refractivity contribution in [2.75, 3.05) is 6.54 Å². The fourth-order valence-corrected chi connectivity index (χ4v) is 1.57. The zero-order valence-electron chi connectivity index (χ0n) is 7.90. The molecule has 0 unspecified atom stereocenters. The number of ether oxygens (including phenoxy) is 1. The molecular weight excluding hydrogens is 178 g/mol. The summed E-state index contributed by atoms with van der Waals surface area (Å²) in [5.74, 6) is 0. The molecule has 0 radical (unpaired) electrons. The summed E-state index contributed by atoms with van der Waals surface area (Å²) in [6, 6.07) is 10.2. The molecule has 2 rings (SSSR count). The van der Waals surface area contributed by atoms with Crippen LogP contribution in [0.1, 0.15) is 12.0 Å². The Morgan fingerprint density at radius 3 is 2.79 bits per heavy atom. The highest BCUT2D eigenvalue weighted by Gasteiger charge is 2.21. The molecule has 1 saturated heterocycles. The van der Waals surface area contributed by atoms with Crippen molar-refractivity contribution >= 4 is 6.09 Å². The zero-order valence-corrected chi connectivity index (χ0v) is 7.90. The van der Waals surface area contributed by atoms with Crippen LogP contribution >= 0.6 is 0 Å². The normalized spacial score (nSPS) is 20.3. The van der Waals surface area contributed by atoms with Gasteiger partial charge in [-0.2, -0.15) is 0 Å². The highest BCUT2D eigenvalue weighted by Crippen LogP contribution is 2.09. The third kappa shape index (κ3) is 2.25. The smallest absolute Gasteiger partial charge is 0.407 e. The topological polar surface area (TPSA) is 38.3 Å². The zero-order chi connectivity index (χ0) is 9.80. The maximum absolute atomic E-state index is 10.7. The molecular formula is C11H13NO2. The van der Waals surface area contributed by atoms with Crippen LogP contribution < -0.4 is 5.32 Å². The number of benzene rings is 1. The van der Waals surface area contributed by atoms with Crippen LogP contribution in [-0.2, 0) is 11.2 Å². The monoisotopic (exact) mass is 191 g/mol. The van der Waals surface area contributed by atoms with Gasteiger partial charge in [0.2, 0.25) is 0 Å². The molecule has 14 heavy (non-hydrogen) atoms. The second-order valence-electron chi connectivity index (χ2n) is 3.43. The van der Waals surface area contributed by atoms with Gasteiger partial charge in [-0.3, -0.25) is 0 Å². The molecule has 1 aliphatic heterocycles. The van der Waals surface area contributed by atoms with Gasteiger partial charge in [-0.15, -0.1) is 0 Å². The number of amides is 1. The Morgan fingerprint density at radius 1 is 1.36 bits per heavy atom. The van der Waals surface area contributed by atoms with Crippen molar-refractivity contribution in [2.45, 2.75) is 18.9 Å². The maximum atomic E-state index is 10.7. The Balaban J connectivity index is 1.80. The fourth-order valence-electron chi connectivity index (χ4n) is 1.57. The molecule has 0 bridgehead atoms. The lowest BCUT2D eigenvalue weighted by molar-refractivity contribution is 0.136. The molecule has 0 saturated carbocycles. The molecule has 0 spiro atoms. The van der Waals surface area contributed by atoms with Gasteiger partial charge in [0.05, 0.1) is 6.54 Å². The minimum atomic E-state index is -0.289. The number of cyclic esters (lactones) is 1. The molecule has 3 nitrogen and oxygen atoms in total. The van der Waals surface area contributed by atoms with Gasteiger partial charge < -0.3 is 10.1 Å². The quantitative estimate of drug-likeness (QED) is 0.790. The van der Waals surface area contributed by atoms with Gasteiger partial charge in [0, 0.05) is 0 Å². The van der Waals surface area contributed by atoms with E-state index in [-0.39, 0.29) is 12.2 Å². The first-order chi connectivity index (χ1) is 6.84. The highest BCUT2D eigenvalue weighted by molar-refractivity contribution is 5.69. The van der Waals surface area contributed by atoms with E-state index in [1.165, 1.54) is 5.56 Å². The molecule has 1 aromatic rings. The van der Waals surface area contributed by atoms with Gasteiger partial charge in [-0.05, 0) is 18.4 Å². The summed E-state index contributed by atoms with van der Waals surface area (Å²) in [7, 11) is 0. The van der Waals surface area contributed by atoms with E-state index in [9.17, 15) is 4.79 Å². The van der Waals surface area contributed by atoms with E-state index in [1.54, 1.807) is 0 Å². The number of hydrogen-bond acceptors (Lipinski definition) is 2. The average Bonchev–Trinajstić information content (AvgIpc) is 2.63. The predicted octanol–water partition coefficient (Wildman–Crippen LogP) is 1.73. The molecule has 1 atom stereocenters. The maximum Gasteiger partial charge on any atom is 0.407 e. The molecule has 1 fully saturated rings. The second-order valence-corrected chi connectivity index (χ2v) is 3.43. The van der Waals surface area contributed by atoms with Gasteiger partial charge in [-0.1, -0.05) is 30.3 Å². The van der Waals surface area contributed by atoms with Crippen LogP contribution in [0.15, 0.2) is 30.3 Å². The van der Waals surface area contributed by atoms with Crippen LogP contribution in [-0.4, -0.2) is 18.7 Å². The molecule has 0 aliphatic carbocycles. The standard InChI is InChI=1S/C11H13NO2/c13-11-12-8-10(14-11)7-6-9-4-2-1-3-5-9/h1-5,10H,6-8H2,(H,12,13)/t10-/m0/s1. The van der Waals surface area contributed by atoms with Gasteiger partial charge >= 0.3 is 6.09 Å². The summed E-state index contributed by atoms with van der Waals surface area (Å²) in [6.45, 7) is 0.645. The van der Waals surface area contributed by atoms with Crippen molar-refractivity contribution in [3.8, 4) is 0 Å². The number of rotatable bonds is 3. The number of carbonyl (C=O) groups is 1. The Kier molecular flexibility index (Phi) is 2.68. The molecule has 1 heterocycles. The lowest BCUT2D eigenvalue weighted by atomic mass is 10.1. The van der Waals surface area contributed by atoms with Gasteiger partial charge in [0.25, 0.3) is 0 Å². The van der Waals surface area contributed by atoms with Crippen LogP contribution in [0.2, 0.25) is 0 Å². The molecule has 1 aromatic carbocycles. The number of hydrogen-bond donors (Lipinski definition) is 1. The average molecular weight is 191 g/mol. The van der Waals surface area contributed by atoms with E-state index in [2.05, 4.69) is 17.4 Å². The SMILES string of the molecule is O=C1NC[C@H](CCc2ccccc2)O1. The van der Waals surface area contributed by atoms with Crippen LogP contribution in [0.4, 0.5) is 4.79 Å². The van der Waals surface area contributed by atoms with E-state index in [0.29, 0.717) is 6.54 Å². The van der Waals surface area contributed by atoms with Crippen molar-refractivity contribution in [3.05, 3.63) is 35.9 Å². The third-order valence-corrected chi connectivity index (χ3v) is 2.35. The fraction of sp³-hybridized carbons (Fsp3) is 0.364. The van der Waals surface area contributed by atoms with Crippen LogP contribution in [0, 0.1) is 0 Å². The molecule has 74 valence electrons. The number of carbonyl (C=O) groups excluding carboxylic acids is 1. The first-order valence-corrected chi connectivity index (χ1v) is 4.83. The van der Waals surface area contributed by atoms with Crippen molar-refractivity contribution in [1.82, 2.24) is 5.32 Å². The van der Waals surface area contributed by atoms with Crippen LogP contribution in [0.5, 0.6) is 0 Å². The molecule has 3 heteroatoms. The number of nitrogens with one attached hydrogen (secondary N) is 1. The van der Waals surface area contributed by atoms with E-state index < -0.39 is 0 Å². The minimum absolute atomic E-state index is 0.0442. The minimum Gasteiger partial charge on any atom is -0.444 e. The van der Waals surface area contributed by atoms with Gasteiger partial charge in [0.1, 0.15) is 6.10 Å². The molecule has 1 N–H and O–H groups in total. The summed E-state index contributed by atoms with van der Waals surface area (Å²) in [5.41, 5.74) is 1.29. The van der Waals surface area contributed by atoms with E-state index >= 15 is 0 Å². The Labute approximate surface area is 83.1 Å². The van der Waals surface area contributed by atoms with E-state index in [1.807, 2.05) is 18.2 Å². The van der Waals surface area contributed by atoms with Crippen molar-refractivity contribution < 1.29 is 9.53 Å². The Hall–Kier alpha value is -1.51. The summed E-state index contributed by atoms with van der Waals surface area (Å²) in [4.78, 5) is 10.7. The van der Waals surface area contributed by atoms with Crippen molar-refractivity contribution in [2.24, 2.45) is 0 Å². The van der Waals surface area contributed by atoms with Gasteiger partial charge in [-0.25, -0.2) is 4.79 Å². The van der Waals surface area contributed by atoms with Crippen molar-refractivity contribution in [3.63, 3.8) is 0 Å². The lowest BCUT2D eigenvalue weighted by Crippen LogP contribution is -2.15. The summed E-state index contributed by atoms with van der Waals surface area (Å²) in [5, 5.41) is 2.64. The second kappa shape index (κ2) is 4.13. The summed E-state index contributed by atoms with van der Waals surface area (Å²) < 4.78 is 5.03.